The number of nitrogen functional groups attached to an aromatic ring is 1. The van der Waals surface area contributed by atoms with Gasteiger partial charge in [0.1, 0.15) is 5.52 Å². The molecule has 6 heteroatoms. The number of hydrogen-bond acceptors (Lipinski definition) is 4. The summed E-state index contributed by atoms with van der Waals surface area (Å²) in [6, 6.07) is 0.430. The monoisotopic (exact) mass is 307 g/mol. The van der Waals surface area contributed by atoms with Crippen molar-refractivity contribution in [3.8, 4) is 0 Å². The molecule has 1 fully saturated rings. The quantitative estimate of drug-likeness (QED) is 0.813. The molecule has 2 heterocycles. The van der Waals surface area contributed by atoms with Gasteiger partial charge in [-0.1, -0.05) is 20.8 Å². The summed E-state index contributed by atoms with van der Waals surface area (Å²) in [5.74, 6) is 1.14. The van der Waals surface area contributed by atoms with E-state index < -0.39 is 0 Å². The van der Waals surface area contributed by atoms with Crippen molar-refractivity contribution >= 4 is 28.6 Å². The lowest BCUT2D eigenvalue weighted by Gasteiger charge is -2.37. The van der Waals surface area contributed by atoms with E-state index in [1.165, 1.54) is 12.8 Å². The van der Waals surface area contributed by atoms with Crippen LogP contribution in [0.4, 0.5) is 5.82 Å². The van der Waals surface area contributed by atoms with Gasteiger partial charge in [0, 0.05) is 6.04 Å². The molecule has 2 aromatic heterocycles. The zero-order valence-corrected chi connectivity index (χ0v) is 13.6. The lowest BCUT2D eigenvalue weighted by atomic mass is 9.71. The van der Waals surface area contributed by atoms with Crippen molar-refractivity contribution in [2.24, 2.45) is 11.3 Å². The minimum absolute atomic E-state index is 0.185. The first-order valence-electron chi connectivity index (χ1n) is 7.52. The Kier molecular flexibility index (Phi) is 3.56. The van der Waals surface area contributed by atoms with Gasteiger partial charge in [-0.15, -0.1) is 0 Å². The highest BCUT2D eigenvalue weighted by atomic mass is 35.5. The van der Waals surface area contributed by atoms with Gasteiger partial charge < -0.3 is 10.3 Å². The lowest BCUT2D eigenvalue weighted by Crippen LogP contribution is -2.27. The molecule has 0 aromatic carbocycles. The molecule has 114 valence electrons. The van der Waals surface area contributed by atoms with Gasteiger partial charge in [-0.25, -0.2) is 4.98 Å². The topological polar surface area (TPSA) is 69.6 Å². The van der Waals surface area contributed by atoms with E-state index in [9.17, 15) is 0 Å². The SMILES string of the molecule is CC(C)(C)C1CCC(n2cnc3c(N)nc(Cl)nc32)CC1. The average molecular weight is 308 g/mol. The molecule has 1 aliphatic rings. The van der Waals surface area contributed by atoms with Crippen LogP contribution in [0.3, 0.4) is 0 Å². The van der Waals surface area contributed by atoms with Crippen LogP contribution in [0, 0.1) is 11.3 Å². The molecule has 0 unspecified atom stereocenters. The molecule has 0 aliphatic heterocycles. The van der Waals surface area contributed by atoms with E-state index in [0.717, 1.165) is 24.4 Å². The van der Waals surface area contributed by atoms with Gasteiger partial charge in [0.15, 0.2) is 11.5 Å². The third kappa shape index (κ3) is 2.71. The van der Waals surface area contributed by atoms with E-state index in [1.54, 1.807) is 0 Å². The fourth-order valence-electron chi connectivity index (χ4n) is 3.40. The maximum atomic E-state index is 5.93. The maximum absolute atomic E-state index is 5.93. The Hall–Kier alpha value is -1.36. The fraction of sp³-hybridized carbons (Fsp3) is 0.667. The molecule has 0 spiro atoms. The van der Waals surface area contributed by atoms with Crippen LogP contribution in [-0.2, 0) is 0 Å². The second-order valence-electron chi connectivity index (χ2n) is 7.07. The average Bonchev–Trinajstić information content (AvgIpc) is 2.82. The van der Waals surface area contributed by atoms with Crippen LogP contribution in [0.2, 0.25) is 5.28 Å². The standard InChI is InChI=1S/C15H22ClN5/c1-15(2,3)9-4-6-10(7-5-9)21-8-18-11-12(17)19-14(16)20-13(11)21/h8-10H,4-7H2,1-3H3,(H2,17,19,20). The van der Waals surface area contributed by atoms with Crippen molar-refractivity contribution in [1.82, 2.24) is 19.5 Å². The smallest absolute Gasteiger partial charge is 0.226 e. The van der Waals surface area contributed by atoms with Crippen molar-refractivity contribution < 1.29 is 0 Å². The molecule has 21 heavy (non-hydrogen) atoms. The molecule has 1 aliphatic carbocycles. The molecule has 0 saturated heterocycles. The van der Waals surface area contributed by atoms with Crippen LogP contribution < -0.4 is 5.73 Å². The largest absolute Gasteiger partial charge is 0.382 e. The number of imidazole rings is 1. The Morgan fingerprint density at radius 1 is 1.19 bits per heavy atom. The van der Waals surface area contributed by atoms with Crippen molar-refractivity contribution in [2.75, 3.05) is 5.73 Å². The van der Waals surface area contributed by atoms with Crippen LogP contribution in [0.25, 0.3) is 11.2 Å². The summed E-state index contributed by atoms with van der Waals surface area (Å²) in [5.41, 5.74) is 7.66. The van der Waals surface area contributed by atoms with Crippen LogP contribution >= 0.6 is 11.6 Å². The van der Waals surface area contributed by atoms with E-state index in [0.29, 0.717) is 22.8 Å². The number of nitrogens with two attached hydrogens (primary N) is 1. The molecule has 0 bridgehead atoms. The third-order valence-corrected chi connectivity index (χ3v) is 4.90. The number of halogens is 1. The minimum Gasteiger partial charge on any atom is -0.382 e. The zero-order chi connectivity index (χ0) is 15.2. The van der Waals surface area contributed by atoms with E-state index in [1.807, 2.05) is 6.33 Å². The molecule has 0 amide bonds. The number of anilines is 1. The second kappa shape index (κ2) is 5.13. The van der Waals surface area contributed by atoms with Crippen molar-refractivity contribution in [3.63, 3.8) is 0 Å². The van der Waals surface area contributed by atoms with Gasteiger partial charge in [-0.3, -0.25) is 0 Å². The summed E-state index contributed by atoms with van der Waals surface area (Å²) in [6.07, 6.45) is 6.60. The Labute approximate surface area is 129 Å². The van der Waals surface area contributed by atoms with E-state index >= 15 is 0 Å². The Morgan fingerprint density at radius 2 is 1.86 bits per heavy atom. The van der Waals surface area contributed by atoms with Crippen LogP contribution in [0.15, 0.2) is 6.33 Å². The predicted octanol–water partition coefficient (Wildman–Crippen LogP) is 3.84. The molecule has 0 atom stereocenters. The Morgan fingerprint density at radius 3 is 2.48 bits per heavy atom. The summed E-state index contributed by atoms with van der Waals surface area (Å²) in [4.78, 5) is 12.6. The number of rotatable bonds is 1. The summed E-state index contributed by atoms with van der Waals surface area (Å²) >= 11 is 5.93. The van der Waals surface area contributed by atoms with Gasteiger partial charge in [-0.2, -0.15) is 9.97 Å². The lowest BCUT2D eigenvalue weighted by molar-refractivity contribution is 0.153. The first-order valence-corrected chi connectivity index (χ1v) is 7.89. The van der Waals surface area contributed by atoms with E-state index in [2.05, 4.69) is 40.3 Å². The van der Waals surface area contributed by atoms with E-state index in [-0.39, 0.29) is 5.28 Å². The summed E-state index contributed by atoms with van der Waals surface area (Å²) in [6.45, 7) is 6.99. The molecular weight excluding hydrogens is 286 g/mol. The molecule has 2 aromatic rings. The molecule has 0 radical (unpaired) electrons. The van der Waals surface area contributed by atoms with Crippen LogP contribution in [0.5, 0.6) is 0 Å². The van der Waals surface area contributed by atoms with Gasteiger partial charge in [0.05, 0.1) is 6.33 Å². The minimum atomic E-state index is 0.185. The van der Waals surface area contributed by atoms with Gasteiger partial charge >= 0.3 is 0 Å². The molecular formula is C15H22ClN5. The number of fused-ring (bicyclic) bond motifs is 1. The zero-order valence-electron chi connectivity index (χ0n) is 12.8. The first-order chi connectivity index (χ1) is 9.86. The first kappa shape index (κ1) is 14.6. The van der Waals surface area contributed by atoms with Crippen molar-refractivity contribution in [2.45, 2.75) is 52.5 Å². The van der Waals surface area contributed by atoms with Gasteiger partial charge in [0.2, 0.25) is 5.28 Å². The van der Waals surface area contributed by atoms with E-state index in [4.69, 9.17) is 17.3 Å². The van der Waals surface area contributed by atoms with Crippen molar-refractivity contribution in [1.29, 1.82) is 0 Å². The maximum Gasteiger partial charge on any atom is 0.226 e. The normalized spacial score (nSPS) is 23.6. The molecule has 3 rings (SSSR count). The van der Waals surface area contributed by atoms with Crippen LogP contribution in [-0.4, -0.2) is 19.5 Å². The number of aromatic nitrogens is 4. The highest BCUT2D eigenvalue weighted by Crippen LogP contribution is 2.42. The summed E-state index contributed by atoms with van der Waals surface area (Å²) in [5, 5.41) is 0.185. The molecule has 5 nitrogen and oxygen atoms in total. The predicted molar refractivity (Wildman–Crippen MR) is 85.2 cm³/mol. The highest BCUT2D eigenvalue weighted by Gasteiger charge is 2.31. The summed E-state index contributed by atoms with van der Waals surface area (Å²) in [7, 11) is 0. The summed E-state index contributed by atoms with van der Waals surface area (Å²) < 4.78 is 2.12. The van der Waals surface area contributed by atoms with Crippen molar-refractivity contribution in [3.05, 3.63) is 11.6 Å². The van der Waals surface area contributed by atoms with Crippen LogP contribution in [0.1, 0.15) is 52.5 Å². The fourth-order valence-corrected chi connectivity index (χ4v) is 3.57. The second-order valence-corrected chi connectivity index (χ2v) is 7.41. The number of nitrogens with zero attached hydrogens (tertiary/aromatic N) is 4. The highest BCUT2D eigenvalue weighted by molar-refractivity contribution is 6.28. The Balaban J connectivity index is 1.86. The van der Waals surface area contributed by atoms with Gasteiger partial charge in [-0.05, 0) is 48.6 Å². The molecule has 1 saturated carbocycles. The number of hydrogen-bond donors (Lipinski definition) is 1. The molecule has 2 N–H and O–H groups in total. The Bertz CT molecular complexity index is 650. The third-order valence-electron chi connectivity index (χ3n) is 4.74. The van der Waals surface area contributed by atoms with Gasteiger partial charge in [0.25, 0.3) is 0 Å².